The number of hydrogen-bond acceptors (Lipinski definition) is 6. The van der Waals surface area contributed by atoms with E-state index in [1.807, 2.05) is 6.07 Å². The second-order valence-electron chi connectivity index (χ2n) is 4.28. The molecule has 21 heavy (non-hydrogen) atoms. The first-order valence-corrected chi connectivity index (χ1v) is 6.13. The number of rotatable bonds is 5. The maximum Gasteiger partial charge on any atom is 0.328 e. The Balaban J connectivity index is 1.93. The molecule has 0 saturated heterocycles. The first-order valence-electron chi connectivity index (χ1n) is 6.13. The van der Waals surface area contributed by atoms with E-state index in [1.54, 1.807) is 24.4 Å². The van der Waals surface area contributed by atoms with Gasteiger partial charge in [-0.25, -0.2) is 0 Å². The lowest BCUT2D eigenvalue weighted by Gasteiger charge is -2.08. The quantitative estimate of drug-likeness (QED) is 0.825. The van der Waals surface area contributed by atoms with Crippen LogP contribution in [0.15, 0.2) is 30.6 Å². The Morgan fingerprint density at radius 2 is 2.33 bits per heavy atom. The highest BCUT2D eigenvalue weighted by Crippen LogP contribution is 2.19. The molecule has 0 amide bonds. The molecule has 0 atom stereocenters. The fourth-order valence-electron chi connectivity index (χ4n) is 1.73. The number of nitrogen functional groups attached to an aromatic ring is 1. The van der Waals surface area contributed by atoms with Crippen molar-refractivity contribution in [2.24, 2.45) is 0 Å². The summed E-state index contributed by atoms with van der Waals surface area (Å²) in [5, 5.41) is 12.8. The highest BCUT2D eigenvalue weighted by molar-refractivity contribution is 5.69. The lowest BCUT2D eigenvalue weighted by molar-refractivity contribution is -0.145. The number of nitrogens with zero attached hydrogens (tertiary/aromatic N) is 3. The van der Waals surface area contributed by atoms with Crippen LogP contribution in [0.2, 0.25) is 0 Å². The first-order chi connectivity index (χ1) is 10.1. The summed E-state index contributed by atoms with van der Waals surface area (Å²) < 4.78 is 11.6. The molecule has 0 aliphatic rings. The van der Waals surface area contributed by atoms with Gasteiger partial charge in [0.15, 0.2) is 0 Å². The van der Waals surface area contributed by atoms with Crippen LogP contribution in [0.4, 0.5) is 5.69 Å². The van der Waals surface area contributed by atoms with Crippen LogP contribution in [0.1, 0.15) is 11.1 Å². The Labute approximate surface area is 121 Å². The van der Waals surface area contributed by atoms with Crippen LogP contribution in [-0.2, 0) is 22.7 Å². The number of aromatic nitrogens is 2. The summed E-state index contributed by atoms with van der Waals surface area (Å²) in [5.74, 6) is 0.0207. The fourth-order valence-corrected chi connectivity index (χ4v) is 1.73. The largest absolute Gasteiger partial charge is 0.495 e. The molecule has 2 N–H and O–H groups in total. The second-order valence-corrected chi connectivity index (χ2v) is 4.28. The van der Waals surface area contributed by atoms with Crippen molar-refractivity contribution >= 4 is 11.7 Å². The Morgan fingerprint density at radius 1 is 1.52 bits per heavy atom. The normalized spacial score (nSPS) is 9.90. The molecule has 7 heteroatoms. The van der Waals surface area contributed by atoms with Gasteiger partial charge in [-0.05, 0) is 17.7 Å². The van der Waals surface area contributed by atoms with E-state index in [4.69, 9.17) is 20.5 Å². The van der Waals surface area contributed by atoms with Gasteiger partial charge in [0.25, 0.3) is 0 Å². The first kappa shape index (κ1) is 14.4. The van der Waals surface area contributed by atoms with E-state index >= 15 is 0 Å². The van der Waals surface area contributed by atoms with Crippen molar-refractivity contribution in [2.45, 2.75) is 13.2 Å². The van der Waals surface area contributed by atoms with Gasteiger partial charge < -0.3 is 15.2 Å². The Hall–Kier alpha value is -3.01. The van der Waals surface area contributed by atoms with Crippen LogP contribution in [0.5, 0.6) is 5.75 Å². The maximum absolute atomic E-state index is 11.7. The number of ether oxygens (including phenoxy) is 2. The Kier molecular flexibility index (Phi) is 4.41. The lowest BCUT2D eigenvalue weighted by Crippen LogP contribution is -2.13. The fraction of sp³-hybridized carbons (Fsp3) is 0.214. The van der Waals surface area contributed by atoms with Gasteiger partial charge in [-0.3, -0.25) is 9.48 Å². The van der Waals surface area contributed by atoms with Crippen molar-refractivity contribution in [1.29, 1.82) is 5.26 Å². The van der Waals surface area contributed by atoms with Crippen molar-refractivity contribution < 1.29 is 14.3 Å². The summed E-state index contributed by atoms with van der Waals surface area (Å²) >= 11 is 0. The molecule has 108 valence electrons. The zero-order valence-corrected chi connectivity index (χ0v) is 11.4. The molecule has 7 nitrogen and oxygen atoms in total. The van der Waals surface area contributed by atoms with Crippen LogP contribution in [-0.4, -0.2) is 22.9 Å². The molecule has 0 saturated carbocycles. The van der Waals surface area contributed by atoms with Gasteiger partial charge in [0.1, 0.15) is 25.0 Å². The molecule has 1 aromatic carbocycles. The number of carbonyl (C=O) groups is 1. The molecule has 0 fully saturated rings. The smallest absolute Gasteiger partial charge is 0.328 e. The predicted molar refractivity (Wildman–Crippen MR) is 74.1 cm³/mol. The monoisotopic (exact) mass is 286 g/mol. The van der Waals surface area contributed by atoms with Gasteiger partial charge >= 0.3 is 5.97 Å². The van der Waals surface area contributed by atoms with E-state index in [0.29, 0.717) is 17.0 Å². The molecule has 0 unspecified atom stereocenters. The lowest BCUT2D eigenvalue weighted by atomic mass is 10.1. The van der Waals surface area contributed by atoms with E-state index in [-0.39, 0.29) is 13.2 Å². The van der Waals surface area contributed by atoms with Gasteiger partial charge in [0.2, 0.25) is 0 Å². The van der Waals surface area contributed by atoms with Gasteiger partial charge in [0.05, 0.1) is 24.6 Å². The molecule has 1 heterocycles. The topological polar surface area (TPSA) is 103 Å². The number of hydrogen-bond donors (Lipinski definition) is 1. The van der Waals surface area contributed by atoms with Gasteiger partial charge in [-0.15, -0.1) is 0 Å². The Morgan fingerprint density at radius 3 is 2.95 bits per heavy atom. The SMILES string of the molecule is COc1cc(COC(=O)Cn2cc(N)cn2)ccc1C#N. The molecular weight excluding hydrogens is 272 g/mol. The molecule has 2 rings (SSSR count). The standard InChI is InChI=1S/C14H14N4O3/c1-20-13-4-10(2-3-11(13)5-15)9-21-14(19)8-18-7-12(16)6-17-18/h2-4,6-7H,8-9,16H2,1H3. The molecule has 0 spiro atoms. The molecule has 0 aliphatic heterocycles. The molecule has 1 aromatic heterocycles. The third-order valence-corrected chi connectivity index (χ3v) is 2.73. The van der Waals surface area contributed by atoms with Gasteiger partial charge in [-0.1, -0.05) is 6.07 Å². The van der Waals surface area contributed by atoms with Crippen LogP contribution < -0.4 is 10.5 Å². The van der Waals surface area contributed by atoms with Crippen molar-refractivity contribution in [1.82, 2.24) is 9.78 Å². The third-order valence-electron chi connectivity index (χ3n) is 2.73. The summed E-state index contributed by atoms with van der Waals surface area (Å²) in [5.41, 5.74) is 7.15. The summed E-state index contributed by atoms with van der Waals surface area (Å²) in [6, 6.07) is 7.01. The van der Waals surface area contributed by atoms with Crippen LogP contribution in [0, 0.1) is 11.3 Å². The molecule has 0 radical (unpaired) electrons. The predicted octanol–water partition coefficient (Wildman–Crippen LogP) is 1.09. The maximum atomic E-state index is 11.7. The molecule has 0 aliphatic carbocycles. The minimum atomic E-state index is -0.429. The number of nitrogens with two attached hydrogens (primary N) is 1. The van der Waals surface area contributed by atoms with Crippen LogP contribution in [0.25, 0.3) is 0 Å². The molecule has 2 aromatic rings. The summed E-state index contributed by atoms with van der Waals surface area (Å²) in [6.45, 7) is 0.0856. The highest BCUT2D eigenvalue weighted by atomic mass is 16.5. The van der Waals surface area contributed by atoms with Crippen molar-refractivity contribution in [3.05, 3.63) is 41.7 Å². The van der Waals surface area contributed by atoms with E-state index in [9.17, 15) is 4.79 Å². The molecule has 0 bridgehead atoms. The highest BCUT2D eigenvalue weighted by Gasteiger charge is 2.08. The minimum absolute atomic E-state index is 0.00931. The van der Waals surface area contributed by atoms with Gasteiger partial charge in [-0.2, -0.15) is 10.4 Å². The molecular formula is C14H14N4O3. The van der Waals surface area contributed by atoms with E-state index in [1.165, 1.54) is 18.0 Å². The Bertz CT molecular complexity index is 688. The van der Waals surface area contributed by atoms with Crippen molar-refractivity contribution in [2.75, 3.05) is 12.8 Å². The van der Waals surface area contributed by atoms with Crippen molar-refractivity contribution in [3.63, 3.8) is 0 Å². The number of anilines is 1. The van der Waals surface area contributed by atoms with Crippen LogP contribution >= 0.6 is 0 Å². The summed E-state index contributed by atoms with van der Waals surface area (Å²) in [4.78, 5) is 11.7. The van der Waals surface area contributed by atoms with E-state index in [2.05, 4.69) is 5.10 Å². The van der Waals surface area contributed by atoms with E-state index < -0.39 is 5.97 Å². The van der Waals surface area contributed by atoms with Gasteiger partial charge in [0, 0.05) is 6.20 Å². The van der Waals surface area contributed by atoms with E-state index in [0.717, 1.165) is 5.56 Å². The average Bonchev–Trinajstić information content (AvgIpc) is 2.89. The average molecular weight is 286 g/mol. The number of methoxy groups -OCH3 is 1. The zero-order chi connectivity index (χ0) is 15.2. The number of benzene rings is 1. The number of esters is 1. The summed E-state index contributed by atoms with van der Waals surface area (Å²) in [7, 11) is 1.48. The summed E-state index contributed by atoms with van der Waals surface area (Å²) in [6.07, 6.45) is 3.00. The third kappa shape index (κ3) is 3.73. The van der Waals surface area contributed by atoms with Crippen molar-refractivity contribution in [3.8, 4) is 11.8 Å². The minimum Gasteiger partial charge on any atom is -0.495 e. The second kappa shape index (κ2) is 6.43. The number of carbonyl (C=O) groups excluding carboxylic acids is 1. The number of nitriles is 1. The zero-order valence-electron chi connectivity index (χ0n) is 11.4. The van der Waals surface area contributed by atoms with Crippen LogP contribution in [0.3, 0.4) is 0 Å².